The maximum absolute atomic E-state index is 14.0. The number of halogens is 4. The molecule has 204 valence electrons. The summed E-state index contributed by atoms with van der Waals surface area (Å²) in [6, 6.07) is 2.47. The number of hydrogen-bond acceptors (Lipinski definition) is 4. The van der Waals surface area contributed by atoms with Crippen LogP contribution in [-0.4, -0.2) is 39.1 Å². The normalized spacial score (nSPS) is 18.7. The van der Waals surface area contributed by atoms with Crippen LogP contribution in [0.3, 0.4) is 0 Å². The lowest BCUT2D eigenvalue weighted by atomic mass is 9.79. The zero-order valence-corrected chi connectivity index (χ0v) is 22.4. The lowest BCUT2D eigenvalue weighted by Gasteiger charge is -2.27. The van der Waals surface area contributed by atoms with Gasteiger partial charge in [-0.3, -0.25) is 14.0 Å². The Morgan fingerprint density at radius 3 is 2.55 bits per heavy atom. The van der Waals surface area contributed by atoms with Crippen molar-refractivity contribution in [2.24, 2.45) is 11.8 Å². The topological polar surface area (TPSA) is 67.8 Å². The molecule has 3 aromatic rings. The molecule has 10 heteroatoms. The van der Waals surface area contributed by atoms with E-state index in [1.54, 1.807) is 6.08 Å². The average molecular weight is 550 g/mol. The second-order valence-corrected chi connectivity index (χ2v) is 10.5. The van der Waals surface area contributed by atoms with Crippen molar-refractivity contribution in [2.45, 2.75) is 59.1 Å². The number of ketones is 1. The highest BCUT2D eigenvalue weighted by molar-refractivity contribution is 6.33. The van der Waals surface area contributed by atoms with E-state index in [0.717, 1.165) is 41.7 Å². The summed E-state index contributed by atoms with van der Waals surface area (Å²) in [5, 5.41) is -0.252. The van der Waals surface area contributed by atoms with E-state index in [1.807, 2.05) is 13.8 Å². The first-order valence-corrected chi connectivity index (χ1v) is 13.2. The monoisotopic (exact) mass is 549 g/mol. The fourth-order valence-electron chi connectivity index (χ4n) is 5.04. The lowest BCUT2D eigenvalue weighted by Crippen LogP contribution is -2.36. The third-order valence-electron chi connectivity index (χ3n) is 7.20. The van der Waals surface area contributed by atoms with E-state index in [9.17, 15) is 22.8 Å². The van der Waals surface area contributed by atoms with E-state index in [0.29, 0.717) is 23.8 Å². The van der Waals surface area contributed by atoms with Crippen molar-refractivity contribution in [3.8, 4) is 11.1 Å². The molecule has 0 spiro atoms. The molecule has 0 saturated heterocycles. The van der Waals surface area contributed by atoms with Crippen LogP contribution in [0.2, 0.25) is 5.15 Å². The van der Waals surface area contributed by atoms with Gasteiger partial charge in [-0.2, -0.15) is 13.2 Å². The Morgan fingerprint density at radius 2 is 1.95 bits per heavy atom. The molecule has 0 unspecified atom stereocenters. The van der Waals surface area contributed by atoms with Crippen molar-refractivity contribution < 1.29 is 27.2 Å². The number of pyridine rings is 1. The van der Waals surface area contributed by atoms with Crippen LogP contribution in [0.25, 0.3) is 16.8 Å². The number of carbonyl (C=O) groups excluding carboxylic acids is 2. The third-order valence-corrected chi connectivity index (χ3v) is 7.56. The largest absolute Gasteiger partial charge is 0.472 e. The highest BCUT2D eigenvalue weighted by Gasteiger charge is 2.36. The fraction of sp³-hybridized carbons (Fsp3) is 0.464. The molecule has 6 nitrogen and oxygen atoms in total. The van der Waals surface area contributed by atoms with Gasteiger partial charge in [-0.05, 0) is 56.2 Å². The standard InChI is InChI=1S/C28H31ClF3N3O3/c1-4-10-34(15-22(36)12-18(3)19-7-5-17(2)6-8-19)27(37)24-25(29)35-14-21(20-9-11-38-16-20)13-23(26(35)33-24)28(30,31)32/h9,11-14,16-17,19H,4-8,10,15H2,1-3H3/b18-12-. The van der Waals surface area contributed by atoms with Crippen LogP contribution in [0.1, 0.15) is 68.9 Å². The predicted octanol–water partition coefficient (Wildman–Crippen LogP) is 7.46. The molecule has 1 aliphatic carbocycles. The molecule has 0 N–H and O–H groups in total. The van der Waals surface area contributed by atoms with E-state index >= 15 is 0 Å². The van der Waals surface area contributed by atoms with E-state index in [2.05, 4.69) is 11.9 Å². The number of fused-ring (bicyclic) bond motifs is 1. The number of amides is 1. The van der Waals surface area contributed by atoms with E-state index in [1.165, 1.54) is 29.7 Å². The Labute approximate surface area is 224 Å². The first kappa shape index (κ1) is 28.0. The summed E-state index contributed by atoms with van der Waals surface area (Å²) in [7, 11) is 0. The Bertz CT molecular complexity index is 1340. The molecule has 1 amide bonds. The van der Waals surface area contributed by atoms with Gasteiger partial charge >= 0.3 is 6.18 Å². The van der Waals surface area contributed by atoms with Gasteiger partial charge < -0.3 is 9.32 Å². The second kappa shape index (κ2) is 11.4. The molecule has 0 aliphatic heterocycles. The molecule has 3 aromatic heterocycles. The number of hydrogen-bond donors (Lipinski definition) is 0. The van der Waals surface area contributed by atoms with Crippen LogP contribution >= 0.6 is 11.6 Å². The average Bonchev–Trinajstić information content (AvgIpc) is 3.51. The third kappa shape index (κ3) is 5.98. The Morgan fingerprint density at radius 1 is 1.24 bits per heavy atom. The molecule has 0 bridgehead atoms. The number of rotatable bonds is 8. The maximum atomic E-state index is 14.0. The number of aromatic nitrogens is 2. The zero-order valence-electron chi connectivity index (χ0n) is 21.6. The van der Waals surface area contributed by atoms with Gasteiger partial charge in [0.25, 0.3) is 5.91 Å². The summed E-state index contributed by atoms with van der Waals surface area (Å²) in [6.07, 6.45) is 5.77. The molecule has 0 atom stereocenters. The molecule has 0 aromatic carbocycles. The van der Waals surface area contributed by atoms with Crippen LogP contribution in [-0.2, 0) is 11.0 Å². The van der Waals surface area contributed by atoms with Gasteiger partial charge in [-0.25, -0.2) is 4.98 Å². The van der Waals surface area contributed by atoms with Gasteiger partial charge in [0.1, 0.15) is 5.15 Å². The van der Waals surface area contributed by atoms with Gasteiger partial charge in [0.2, 0.25) is 0 Å². The van der Waals surface area contributed by atoms with E-state index < -0.39 is 23.3 Å². The smallest absolute Gasteiger partial charge is 0.420 e. The van der Waals surface area contributed by atoms with Gasteiger partial charge in [0.15, 0.2) is 17.1 Å². The summed E-state index contributed by atoms with van der Waals surface area (Å²) >= 11 is 6.45. The van der Waals surface area contributed by atoms with E-state index in [4.69, 9.17) is 16.0 Å². The van der Waals surface area contributed by atoms with Crippen molar-refractivity contribution in [1.82, 2.24) is 14.3 Å². The summed E-state index contributed by atoms with van der Waals surface area (Å²) in [5.41, 5.74) is -0.223. The second-order valence-electron chi connectivity index (χ2n) is 10.1. The van der Waals surface area contributed by atoms with Crippen LogP contribution in [0, 0.1) is 11.8 Å². The minimum Gasteiger partial charge on any atom is -0.472 e. The van der Waals surface area contributed by atoms with Gasteiger partial charge in [0.05, 0.1) is 24.6 Å². The minimum absolute atomic E-state index is 0.204. The van der Waals surface area contributed by atoms with Crippen LogP contribution < -0.4 is 0 Å². The minimum atomic E-state index is -4.74. The SMILES string of the molecule is CCCN(CC(=O)/C=C(/C)C1CCC(C)CC1)C(=O)c1nc2c(C(F)(F)F)cc(-c3ccoc3)cn2c1Cl. The number of nitrogens with zero attached hydrogens (tertiary/aromatic N) is 3. The highest BCUT2D eigenvalue weighted by atomic mass is 35.5. The van der Waals surface area contributed by atoms with Crippen molar-refractivity contribution in [3.63, 3.8) is 0 Å². The first-order valence-electron chi connectivity index (χ1n) is 12.8. The lowest BCUT2D eigenvalue weighted by molar-refractivity contribution is -0.136. The van der Waals surface area contributed by atoms with Crippen molar-refractivity contribution in [2.75, 3.05) is 13.1 Å². The van der Waals surface area contributed by atoms with Gasteiger partial charge in [0, 0.05) is 23.9 Å². The maximum Gasteiger partial charge on any atom is 0.420 e. The molecule has 1 aliphatic rings. The number of allylic oxidation sites excluding steroid dienone is 1. The summed E-state index contributed by atoms with van der Waals surface area (Å²) < 4.78 is 48.0. The quantitative estimate of drug-likeness (QED) is 0.273. The fourth-order valence-corrected chi connectivity index (χ4v) is 5.29. The van der Waals surface area contributed by atoms with Crippen molar-refractivity contribution in [3.05, 3.63) is 58.9 Å². The molecule has 38 heavy (non-hydrogen) atoms. The van der Waals surface area contributed by atoms with Gasteiger partial charge in [-0.1, -0.05) is 43.9 Å². The summed E-state index contributed by atoms with van der Waals surface area (Å²) in [6.45, 7) is 6.05. The Balaban J connectivity index is 1.64. The zero-order chi connectivity index (χ0) is 27.6. The Hall–Kier alpha value is -3.07. The number of carbonyl (C=O) groups is 2. The molecule has 3 heterocycles. The van der Waals surface area contributed by atoms with Crippen molar-refractivity contribution >= 4 is 28.9 Å². The highest BCUT2D eigenvalue weighted by Crippen LogP contribution is 2.37. The Kier molecular flexibility index (Phi) is 8.35. The first-order chi connectivity index (χ1) is 18.0. The molecule has 1 fully saturated rings. The van der Waals surface area contributed by atoms with Gasteiger partial charge in [-0.15, -0.1) is 0 Å². The number of alkyl halides is 3. The van der Waals surface area contributed by atoms with Crippen LogP contribution in [0.15, 0.2) is 46.9 Å². The van der Waals surface area contributed by atoms with Crippen molar-refractivity contribution in [1.29, 1.82) is 0 Å². The summed E-state index contributed by atoms with van der Waals surface area (Å²) in [5.74, 6) is 0.116. The predicted molar refractivity (Wildman–Crippen MR) is 139 cm³/mol. The molecular formula is C28H31ClF3N3O3. The molecule has 1 saturated carbocycles. The summed E-state index contributed by atoms with van der Waals surface area (Å²) in [4.78, 5) is 31.7. The number of imidazole rings is 1. The molecule has 4 rings (SSSR count). The van der Waals surface area contributed by atoms with Crippen LogP contribution in [0.4, 0.5) is 13.2 Å². The number of furan rings is 1. The molecular weight excluding hydrogens is 519 g/mol. The molecule has 0 radical (unpaired) electrons. The van der Waals surface area contributed by atoms with E-state index in [-0.39, 0.29) is 35.3 Å². The van der Waals surface area contributed by atoms with Crippen LogP contribution in [0.5, 0.6) is 0 Å².